The molecule has 0 atom stereocenters. The molecule has 0 radical (unpaired) electrons. The SMILES string of the molecule is CC(C)c1cc(C(=O)c2cccc(NC(=O)Nc3ccccc3OCCN3CCOCC3)c2)c2c(N)ncnn12. The van der Waals surface area contributed by atoms with Gasteiger partial charge >= 0.3 is 6.03 Å². The minimum absolute atomic E-state index is 0.117. The highest BCUT2D eigenvalue weighted by atomic mass is 16.5. The third-order valence-electron chi connectivity index (χ3n) is 6.73. The van der Waals surface area contributed by atoms with E-state index in [4.69, 9.17) is 15.2 Å². The zero-order valence-corrected chi connectivity index (χ0v) is 22.6. The number of nitrogens with one attached hydrogen (secondary N) is 2. The Morgan fingerprint density at radius 3 is 2.67 bits per heavy atom. The van der Waals surface area contributed by atoms with Crippen molar-refractivity contribution in [2.45, 2.75) is 19.8 Å². The molecule has 1 saturated heterocycles. The average molecular weight is 544 g/mol. The second-order valence-corrected chi connectivity index (χ2v) is 9.83. The van der Waals surface area contributed by atoms with Crippen LogP contribution >= 0.6 is 0 Å². The first-order chi connectivity index (χ1) is 19.4. The van der Waals surface area contributed by atoms with Crippen molar-refractivity contribution < 1.29 is 19.1 Å². The lowest BCUT2D eigenvalue weighted by atomic mass is 10.0. The van der Waals surface area contributed by atoms with E-state index in [2.05, 4.69) is 25.6 Å². The van der Waals surface area contributed by atoms with Gasteiger partial charge in [0, 0.05) is 36.6 Å². The molecule has 11 nitrogen and oxygen atoms in total. The molecule has 3 heterocycles. The predicted octanol–water partition coefficient (Wildman–Crippen LogP) is 4.02. The molecule has 4 N–H and O–H groups in total. The van der Waals surface area contributed by atoms with Crippen molar-refractivity contribution >= 4 is 34.5 Å². The van der Waals surface area contributed by atoms with Crippen LogP contribution in [-0.4, -0.2) is 70.8 Å². The zero-order valence-electron chi connectivity index (χ0n) is 22.6. The van der Waals surface area contributed by atoms with Crippen LogP contribution in [0, 0.1) is 0 Å². The number of hydrogen-bond acceptors (Lipinski definition) is 8. The summed E-state index contributed by atoms with van der Waals surface area (Å²) in [5, 5.41) is 9.95. The van der Waals surface area contributed by atoms with Gasteiger partial charge < -0.3 is 25.8 Å². The number of nitrogen functional groups attached to an aromatic ring is 1. The van der Waals surface area contributed by atoms with Gasteiger partial charge in [0.1, 0.15) is 24.2 Å². The summed E-state index contributed by atoms with van der Waals surface area (Å²) in [6, 6.07) is 15.4. The molecule has 0 saturated carbocycles. The van der Waals surface area contributed by atoms with Crippen molar-refractivity contribution in [3.63, 3.8) is 0 Å². The molecule has 2 amide bonds. The number of nitrogens with zero attached hydrogens (tertiary/aromatic N) is 4. The molecule has 0 aliphatic carbocycles. The lowest BCUT2D eigenvalue weighted by molar-refractivity contribution is 0.0323. The Hall–Kier alpha value is -4.48. The molecule has 0 unspecified atom stereocenters. The predicted molar refractivity (Wildman–Crippen MR) is 153 cm³/mol. The molecule has 4 aromatic rings. The Kier molecular flexibility index (Phi) is 8.23. The third-order valence-corrected chi connectivity index (χ3v) is 6.73. The van der Waals surface area contributed by atoms with Gasteiger partial charge in [0.05, 0.1) is 24.5 Å². The molecule has 2 aromatic carbocycles. The maximum Gasteiger partial charge on any atom is 0.323 e. The first kappa shape index (κ1) is 27.1. The van der Waals surface area contributed by atoms with Gasteiger partial charge in [-0.1, -0.05) is 38.1 Å². The number of hydrogen-bond donors (Lipinski definition) is 3. The van der Waals surface area contributed by atoms with Crippen molar-refractivity contribution in [2.24, 2.45) is 0 Å². The summed E-state index contributed by atoms with van der Waals surface area (Å²) < 4.78 is 13.0. The lowest BCUT2D eigenvalue weighted by Gasteiger charge is -2.26. The van der Waals surface area contributed by atoms with Gasteiger partial charge in [0.25, 0.3) is 0 Å². The quantitative estimate of drug-likeness (QED) is 0.269. The number of fused-ring (bicyclic) bond motifs is 1. The van der Waals surface area contributed by atoms with E-state index < -0.39 is 6.03 Å². The minimum Gasteiger partial charge on any atom is -0.490 e. The number of rotatable bonds is 9. The number of nitrogens with two attached hydrogens (primary N) is 1. The van der Waals surface area contributed by atoms with Gasteiger partial charge in [-0.25, -0.2) is 14.3 Å². The molecule has 11 heteroatoms. The van der Waals surface area contributed by atoms with Crippen LogP contribution in [0.1, 0.15) is 41.4 Å². The minimum atomic E-state index is -0.456. The Bertz CT molecular complexity index is 1510. The van der Waals surface area contributed by atoms with Crippen molar-refractivity contribution in [3.8, 4) is 5.75 Å². The van der Waals surface area contributed by atoms with Crippen LogP contribution in [0.3, 0.4) is 0 Å². The molecule has 0 spiro atoms. The fraction of sp³-hybridized carbons (Fsp3) is 0.310. The number of ether oxygens (including phenoxy) is 2. The van der Waals surface area contributed by atoms with Crippen molar-refractivity contribution in [3.05, 3.63) is 77.7 Å². The summed E-state index contributed by atoms with van der Waals surface area (Å²) in [6.07, 6.45) is 1.37. The summed E-state index contributed by atoms with van der Waals surface area (Å²) in [5.74, 6) is 0.682. The summed E-state index contributed by atoms with van der Waals surface area (Å²) in [7, 11) is 0. The van der Waals surface area contributed by atoms with Crippen LogP contribution < -0.4 is 21.1 Å². The normalized spacial score (nSPS) is 13.9. The van der Waals surface area contributed by atoms with Crippen molar-refractivity contribution in [2.75, 3.05) is 55.8 Å². The molecule has 208 valence electrons. The van der Waals surface area contributed by atoms with E-state index in [0.29, 0.717) is 40.4 Å². The van der Waals surface area contributed by atoms with Gasteiger partial charge in [-0.2, -0.15) is 5.10 Å². The monoisotopic (exact) mass is 543 g/mol. The van der Waals surface area contributed by atoms with E-state index in [1.807, 2.05) is 32.0 Å². The number of carbonyl (C=O) groups excluding carboxylic acids is 2. The number of anilines is 3. The van der Waals surface area contributed by atoms with Crippen LogP contribution in [0.5, 0.6) is 5.75 Å². The van der Waals surface area contributed by atoms with Gasteiger partial charge in [0.2, 0.25) is 0 Å². The van der Waals surface area contributed by atoms with Gasteiger partial charge in [-0.3, -0.25) is 9.69 Å². The van der Waals surface area contributed by atoms with Crippen LogP contribution in [0.25, 0.3) is 5.52 Å². The number of ketones is 1. The maximum atomic E-state index is 13.6. The van der Waals surface area contributed by atoms with Crippen LogP contribution in [-0.2, 0) is 4.74 Å². The number of aromatic nitrogens is 3. The van der Waals surface area contributed by atoms with Gasteiger partial charge in [0.15, 0.2) is 11.6 Å². The van der Waals surface area contributed by atoms with Gasteiger partial charge in [-0.05, 0) is 36.2 Å². The topological polar surface area (TPSA) is 136 Å². The van der Waals surface area contributed by atoms with E-state index in [9.17, 15) is 9.59 Å². The molecule has 1 aliphatic rings. The Morgan fingerprint density at radius 1 is 1.07 bits per heavy atom. The molecular weight excluding hydrogens is 510 g/mol. The number of amides is 2. The first-order valence-electron chi connectivity index (χ1n) is 13.3. The smallest absolute Gasteiger partial charge is 0.323 e. The molecule has 2 aromatic heterocycles. The fourth-order valence-electron chi connectivity index (χ4n) is 4.66. The summed E-state index contributed by atoms with van der Waals surface area (Å²) >= 11 is 0. The molecule has 5 rings (SSSR count). The number of urea groups is 1. The number of benzene rings is 2. The van der Waals surface area contributed by atoms with Crippen molar-refractivity contribution in [1.82, 2.24) is 19.5 Å². The third kappa shape index (κ3) is 6.05. The van der Waals surface area contributed by atoms with E-state index in [1.54, 1.807) is 40.9 Å². The largest absolute Gasteiger partial charge is 0.490 e. The number of para-hydroxylation sites is 2. The zero-order chi connectivity index (χ0) is 28.1. The molecule has 1 fully saturated rings. The van der Waals surface area contributed by atoms with Crippen LogP contribution in [0.15, 0.2) is 60.9 Å². The molecule has 1 aliphatic heterocycles. The fourth-order valence-corrected chi connectivity index (χ4v) is 4.66. The maximum absolute atomic E-state index is 13.6. The highest BCUT2D eigenvalue weighted by Gasteiger charge is 2.22. The van der Waals surface area contributed by atoms with E-state index in [0.717, 1.165) is 38.5 Å². The van der Waals surface area contributed by atoms with Crippen molar-refractivity contribution in [1.29, 1.82) is 0 Å². The number of morpholine rings is 1. The summed E-state index contributed by atoms with van der Waals surface area (Å²) in [5.41, 5.74) is 9.27. The van der Waals surface area contributed by atoms with E-state index >= 15 is 0 Å². The summed E-state index contributed by atoms with van der Waals surface area (Å²) in [4.78, 5) is 32.8. The standard InChI is InChI=1S/C29H33N7O4/c1-19(2)24-17-22(26-28(30)31-18-32-36(24)26)27(37)20-6-5-7-21(16-20)33-29(38)34-23-8-3-4-9-25(23)40-15-12-35-10-13-39-14-11-35/h3-9,16-19H,10-15H2,1-2H3,(H2,30,31,32)(H2,33,34,38). The Balaban J connectivity index is 1.27. The van der Waals surface area contributed by atoms with E-state index in [-0.39, 0.29) is 17.5 Å². The molecule has 0 bridgehead atoms. The van der Waals surface area contributed by atoms with Crippen LogP contribution in [0.2, 0.25) is 0 Å². The molecule has 40 heavy (non-hydrogen) atoms. The molecular formula is C29H33N7O4. The van der Waals surface area contributed by atoms with Gasteiger partial charge in [-0.15, -0.1) is 0 Å². The number of carbonyl (C=O) groups is 2. The summed E-state index contributed by atoms with van der Waals surface area (Å²) in [6.45, 7) is 8.53. The first-order valence-corrected chi connectivity index (χ1v) is 13.3. The lowest BCUT2D eigenvalue weighted by Crippen LogP contribution is -2.38. The Morgan fingerprint density at radius 2 is 1.88 bits per heavy atom. The second kappa shape index (κ2) is 12.1. The highest BCUT2D eigenvalue weighted by Crippen LogP contribution is 2.28. The highest BCUT2D eigenvalue weighted by molar-refractivity contribution is 6.15. The average Bonchev–Trinajstić information content (AvgIpc) is 3.36. The Labute approximate surface area is 232 Å². The second-order valence-electron chi connectivity index (χ2n) is 9.83. The van der Waals surface area contributed by atoms with Crippen LogP contribution in [0.4, 0.5) is 22.0 Å². The van der Waals surface area contributed by atoms with E-state index in [1.165, 1.54) is 6.33 Å².